The third-order valence-electron chi connectivity index (χ3n) is 5.42. The van der Waals surface area contributed by atoms with Gasteiger partial charge in [-0.15, -0.1) is 0 Å². The van der Waals surface area contributed by atoms with Gasteiger partial charge in [0.1, 0.15) is 10.1 Å². The van der Waals surface area contributed by atoms with E-state index in [2.05, 4.69) is 9.37 Å². The molecule has 0 aliphatic heterocycles. The second kappa shape index (κ2) is 16.6. The molecule has 0 saturated carbocycles. The van der Waals surface area contributed by atoms with Crippen LogP contribution < -0.4 is 64.4 Å². The zero-order valence-electron chi connectivity index (χ0n) is 21.4. The molecule has 0 unspecified atom stereocenters. The van der Waals surface area contributed by atoms with Crippen molar-refractivity contribution >= 4 is 69.7 Å². The van der Waals surface area contributed by atoms with Crippen LogP contribution in [0.2, 0.25) is 10.0 Å². The average Bonchev–Trinajstić information content (AvgIpc) is 2.91. The van der Waals surface area contributed by atoms with E-state index in [-0.39, 0.29) is 64.1 Å². The fraction of sp³-hybridized carbons (Fsp3) is 0. The largest absolute Gasteiger partial charge is 1.00 e. The zero-order chi connectivity index (χ0) is 27.1. The van der Waals surface area contributed by atoms with E-state index in [0.29, 0.717) is 15.5 Å². The van der Waals surface area contributed by atoms with Crippen LogP contribution >= 0.6 is 35.2 Å². The van der Waals surface area contributed by atoms with Crippen molar-refractivity contribution in [1.82, 2.24) is 0 Å². The summed E-state index contributed by atoms with van der Waals surface area (Å²) in [7, 11) is -4.65. The predicted molar refractivity (Wildman–Crippen MR) is 149 cm³/mol. The first-order chi connectivity index (χ1) is 18.2. The van der Waals surface area contributed by atoms with Crippen molar-refractivity contribution in [3.05, 3.63) is 117 Å². The average molecular weight is 631 g/mol. The van der Waals surface area contributed by atoms with Crippen molar-refractivity contribution in [2.45, 2.75) is 9.79 Å². The van der Waals surface area contributed by atoms with Crippen molar-refractivity contribution in [2.24, 2.45) is 0 Å². The Morgan fingerprint density at radius 1 is 0.650 bits per heavy atom. The molecular weight excluding hydrogens is 613 g/mol. The van der Waals surface area contributed by atoms with Gasteiger partial charge in [0.15, 0.2) is 0 Å². The van der Waals surface area contributed by atoms with E-state index in [0.717, 1.165) is 39.9 Å². The van der Waals surface area contributed by atoms with Gasteiger partial charge < -0.3 is 9.81 Å². The molecule has 12 heteroatoms. The van der Waals surface area contributed by atoms with E-state index in [1.54, 1.807) is 24.3 Å². The van der Waals surface area contributed by atoms with E-state index in [1.807, 2.05) is 72.8 Å². The van der Waals surface area contributed by atoms with Gasteiger partial charge >= 0.3 is 59.1 Å². The summed E-state index contributed by atoms with van der Waals surface area (Å²) in [6, 6.07) is 25.5. The minimum Gasteiger partial charge on any atom is -0.744 e. The molecule has 0 aliphatic rings. The molecule has 0 spiro atoms. The Bertz CT molecular complexity index is 1590. The maximum absolute atomic E-state index is 11.3. The van der Waals surface area contributed by atoms with Crippen molar-refractivity contribution in [2.75, 3.05) is 0 Å². The zero-order valence-corrected chi connectivity index (χ0v) is 28.6. The van der Waals surface area contributed by atoms with E-state index in [4.69, 9.17) is 23.2 Å². The van der Waals surface area contributed by atoms with Crippen LogP contribution in [-0.4, -0.2) is 13.0 Å². The van der Waals surface area contributed by atoms with Gasteiger partial charge in [-0.3, -0.25) is 5.04 Å². The number of hydrogen-bond donors (Lipinski definition) is 0. The monoisotopic (exact) mass is 630 g/mol. The van der Waals surface area contributed by atoms with Gasteiger partial charge in [-0.1, -0.05) is 108 Å². The fourth-order valence-electron chi connectivity index (χ4n) is 3.51. The molecule has 0 atom stereocenters. The third kappa shape index (κ3) is 10.1. The maximum atomic E-state index is 11.3. The third-order valence-corrected chi connectivity index (χ3v) is 7.82. The van der Waals surface area contributed by atoms with Crippen molar-refractivity contribution in [3.63, 3.8) is 0 Å². The van der Waals surface area contributed by atoms with Gasteiger partial charge in [0, 0.05) is 0 Å². The minimum atomic E-state index is -4.65. The molecule has 4 aromatic carbocycles. The Morgan fingerprint density at radius 2 is 1.07 bits per heavy atom. The Labute approximate surface area is 291 Å². The second-order valence-electron chi connectivity index (χ2n) is 7.96. The van der Waals surface area contributed by atoms with E-state index < -0.39 is 15.0 Å². The smallest absolute Gasteiger partial charge is 0.744 e. The first kappa shape index (κ1) is 35.3. The number of rotatable bonds is 9. The summed E-state index contributed by atoms with van der Waals surface area (Å²) >= 11 is 12.7. The Balaban J connectivity index is 0.00000280. The summed E-state index contributed by atoms with van der Waals surface area (Å²) in [6.45, 7) is 0. The molecule has 0 saturated heterocycles. The van der Waals surface area contributed by atoms with E-state index in [1.165, 1.54) is 12.1 Å². The quantitative estimate of drug-likeness (QED) is 0.0683. The molecular formula is C28H18Cl2Na2O6S2. The first-order valence-corrected chi connectivity index (χ1v) is 13.9. The van der Waals surface area contributed by atoms with Crippen molar-refractivity contribution < 1.29 is 86.7 Å². The molecule has 0 radical (unpaired) electrons. The molecule has 0 heterocycles. The summed E-state index contributed by atoms with van der Waals surface area (Å²) in [5, 5.41) is 13.8. The normalized spacial score (nSPS) is 11.4. The van der Waals surface area contributed by atoms with Gasteiger partial charge in [0.05, 0.1) is 31.9 Å². The van der Waals surface area contributed by atoms with Crippen molar-refractivity contribution in [1.29, 1.82) is 0 Å². The van der Waals surface area contributed by atoms with Crippen LogP contribution in [0.3, 0.4) is 0 Å². The molecule has 194 valence electrons. The molecule has 0 aromatic heterocycles. The van der Waals surface area contributed by atoms with Crippen LogP contribution in [-0.2, 0) is 19.5 Å². The Morgan fingerprint density at radius 3 is 1.55 bits per heavy atom. The van der Waals surface area contributed by atoms with Crippen LogP contribution in [0, 0.1) is 0 Å². The Hall–Kier alpha value is -0.920. The molecule has 40 heavy (non-hydrogen) atoms. The molecule has 6 nitrogen and oxygen atoms in total. The fourth-order valence-corrected chi connectivity index (χ4v) is 5.14. The van der Waals surface area contributed by atoms with Crippen LogP contribution in [0.15, 0.2) is 94.7 Å². The number of hydrogen-bond acceptors (Lipinski definition) is 7. The SMILES string of the molecule is O=S(=O)([O-])c1cc(/C=C/c2ccc(-c3ccc(/C=C/c4ccc(Cl)c(SOO[O-])c4)cc3)cc2)ccc1Cl.[Na+].[Na+]. The summed E-state index contributed by atoms with van der Waals surface area (Å²) in [5.41, 5.74) is 5.41. The number of benzene rings is 4. The maximum Gasteiger partial charge on any atom is 1.00 e. The van der Waals surface area contributed by atoms with Crippen LogP contribution in [0.1, 0.15) is 22.3 Å². The van der Waals surface area contributed by atoms with Gasteiger partial charge in [0.2, 0.25) is 0 Å². The van der Waals surface area contributed by atoms with Crippen LogP contribution in [0.25, 0.3) is 35.4 Å². The predicted octanol–water partition coefficient (Wildman–Crippen LogP) is 1.14. The van der Waals surface area contributed by atoms with Crippen LogP contribution in [0.5, 0.6) is 0 Å². The van der Waals surface area contributed by atoms with Gasteiger partial charge in [-0.05, 0) is 57.6 Å². The van der Waals surface area contributed by atoms with Crippen LogP contribution in [0.4, 0.5) is 0 Å². The number of halogens is 2. The van der Waals surface area contributed by atoms with Crippen molar-refractivity contribution in [3.8, 4) is 11.1 Å². The molecule has 0 fully saturated rings. The molecule has 0 amide bonds. The summed E-state index contributed by atoms with van der Waals surface area (Å²) < 4.78 is 38.4. The van der Waals surface area contributed by atoms with Gasteiger partial charge in [-0.25, -0.2) is 8.42 Å². The summed E-state index contributed by atoms with van der Waals surface area (Å²) in [5.74, 6) is 0. The molecule has 0 aliphatic carbocycles. The second-order valence-corrected chi connectivity index (χ2v) is 10.9. The van der Waals surface area contributed by atoms with Gasteiger partial charge in [-0.2, -0.15) is 4.33 Å². The molecule has 0 bridgehead atoms. The first-order valence-electron chi connectivity index (χ1n) is 11.0. The minimum absolute atomic E-state index is 0. The standard InChI is InChI=1S/C28H20Cl2O6S2.2Na/c29-25-15-9-21(17-27(25)37-36-35-31)3-1-19-5-11-23(12-6-19)24-13-7-20(8-14-24)2-4-22-10-16-26(30)28(18-22)38(32,33)34;;/h1-18,31H,(H,32,33,34);;/q;2*+1/p-2/b3-1+,4-2+;;. The molecule has 0 N–H and O–H groups in total. The van der Waals surface area contributed by atoms with E-state index in [9.17, 15) is 18.2 Å². The summed E-state index contributed by atoms with van der Waals surface area (Å²) in [6.07, 6.45) is 7.42. The topological polar surface area (TPSA) is 98.7 Å². The molecule has 4 aromatic rings. The summed E-state index contributed by atoms with van der Waals surface area (Å²) in [4.78, 5) is 0.124. The van der Waals surface area contributed by atoms with Gasteiger partial charge in [0.25, 0.3) is 0 Å². The van der Waals surface area contributed by atoms with E-state index >= 15 is 0 Å². The Kier molecular flexibility index (Phi) is 14.7. The molecule has 4 rings (SSSR count).